The normalized spacial score (nSPS) is 10.6. The van der Waals surface area contributed by atoms with Gasteiger partial charge >= 0.3 is 0 Å². The van der Waals surface area contributed by atoms with Gasteiger partial charge in [0.05, 0.1) is 5.69 Å². The number of halogens is 1. The molecule has 0 atom stereocenters. The lowest BCUT2D eigenvalue weighted by atomic mass is 10.1. The first-order valence-electron chi connectivity index (χ1n) is 5.87. The Kier molecular flexibility index (Phi) is 3.25. The van der Waals surface area contributed by atoms with Gasteiger partial charge in [0.2, 0.25) is 0 Å². The van der Waals surface area contributed by atoms with Crippen LogP contribution in [0.25, 0.3) is 10.9 Å². The van der Waals surface area contributed by atoms with Gasteiger partial charge < -0.3 is 10.3 Å². The summed E-state index contributed by atoms with van der Waals surface area (Å²) in [6, 6.07) is 15.3. The van der Waals surface area contributed by atoms with Crippen LogP contribution < -0.4 is 5.32 Å². The number of nitrogens with one attached hydrogen (secondary N) is 2. The number of carbonyl (C=O) groups excluding carboxylic acids is 1. The molecule has 0 bridgehead atoms. The maximum absolute atomic E-state index is 12.2. The van der Waals surface area contributed by atoms with E-state index in [4.69, 9.17) is 0 Å². The number of H-pyrrole nitrogens is 1. The maximum Gasteiger partial charge on any atom is 0.255 e. The Morgan fingerprint density at radius 3 is 2.79 bits per heavy atom. The first-order valence-corrected chi connectivity index (χ1v) is 6.95. The predicted molar refractivity (Wildman–Crippen MR) is 85.4 cm³/mol. The molecule has 0 spiro atoms. The minimum Gasteiger partial charge on any atom is -0.361 e. The van der Waals surface area contributed by atoms with E-state index in [9.17, 15) is 4.79 Å². The van der Waals surface area contributed by atoms with Gasteiger partial charge in [-0.1, -0.05) is 12.1 Å². The highest BCUT2D eigenvalue weighted by Crippen LogP contribution is 2.19. The second-order valence-electron chi connectivity index (χ2n) is 4.21. The molecule has 0 aliphatic carbocycles. The van der Waals surface area contributed by atoms with Gasteiger partial charge in [0.1, 0.15) is 0 Å². The minimum absolute atomic E-state index is 0.0905. The summed E-state index contributed by atoms with van der Waals surface area (Å²) < 4.78 is 1.02. The van der Waals surface area contributed by atoms with Crippen LogP contribution in [0.15, 0.2) is 54.7 Å². The van der Waals surface area contributed by atoms with E-state index in [-0.39, 0.29) is 5.91 Å². The number of amides is 1. The van der Waals surface area contributed by atoms with E-state index in [1.54, 1.807) is 0 Å². The zero-order chi connectivity index (χ0) is 13.2. The molecule has 0 saturated carbocycles. The Labute approximate surface area is 124 Å². The van der Waals surface area contributed by atoms with Gasteiger partial charge in [0.25, 0.3) is 5.91 Å². The third kappa shape index (κ3) is 2.49. The summed E-state index contributed by atoms with van der Waals surface area (Å²) >= 11 is 2.21. The summed E-state index contributed by atoms with van der Waals surface area (Å²) in [5.41, 5.74) is 2.53. The van der Waals surface area contributed by atoms with Crippen molar-refractivity contribution >= 4 is 45.1 Å². The quantitative estimate of drug-likeness (QED) is 0.665. The smallest absolute Gasteiger partial charge is 0.255 e. The number of para-hydroxylation sites is 1. The van der Waals surface area contributed by atoms with Crippen LogP contribution >= 0.6 is 22.6 Å². The zero-order valence-corrected chi connectivity index (χ0v) is 12.1. The average Bonchev–Trinajstić information content (AvgIpc) is 2.88. The van der Waals surface area contributed by atoms with Crippen molar-refractivity contribution in [1.29, 1.82) is 0 Å². The third-order valence-corrected chi connectivity index (χ3v) is 3.88. The predicted octanol–water partition coefficient (Wildman–Crippen LogP) is 4.02. The van der Waals surface area contributed by atoms with E-state index in [0.717, 1.165) is 20.2 Å². The molecule has 0 aliphatic rings. The average molecular weight is 362 g/mol. The van der Waals surface area contributed by atoms with Gasteiger partial charge in [-0.3, -0.25) is 4.79 Å². The van der Waals surface area contributed by atoms with Gasteiger partial charge in [-0.25, -0.2) is 0 Å². The standard InChI is InChI=1S/C15H11IN2O/c16-12-3-1-2-4-14(12)18-15(19)11-5-6-13-10(9-11)7-8-17-13/h1-9,17H,(H,18,19). The van der Waals surface area contributed by atoms with Crippen molar-refractivity contribution in [3.8, 4) is 0 Å². The number of rotatable bonds is 2. The molecule has 19 heavy (non-hydrogen) atoms. The lowest BCUT2D eigenvalue weighted by Gasteiger charge is -2.07. The summed E-state index contributed by atoms with van der Waals surface area (Å²) in [4.78, 5) is 15.3. The molecule has 0 radical (unpaired) electrons. The van der Waals surface area contributed by atoms with E-state index < -0.39 is 0 Å². The van der Waals surface area contributed by atoms with Crippen LogP contribution in [-0.2, 0) is 0 Å². The van der Waals surface area contributed by atoms with Gasteiger partial charge in [0.15, 0.2) is 0 Å². The van der Waals surface area contributed by atoms with Crippen LogP contribution in [0.2, 0.25) is 0 Å². The van der Waals surface area contributed by atoms with E-state index >= 15 is 0 Å². The first-order chi connectivity index (χ1) is 9.24. The largest absolute Gasteiger partial charge is 0.361 e. The molecule has 1 heterocycles. The summed E-state index contributed by atoms with van der Waals surface area (Å²) in [5.74, 6) is -0.0905. The molecule has 4 heteroatoms. The SMILES string of the molecule is O=C(Nc1ccccc1I)c1ccc2[nH]ccc2c1. The fourth-order valence-electron chi connectivity index (χ4n) is 1.95. The van der Waals surface area contributed by atoms with Crippen molar-refractivity contribution in [2.45, 2.75) is 0 Å². The summed E-state index contributed by atoms with van der Waals surface area (Å²) in [5, 5.41) is 3.96. The Morgan fingerprint density at radius 2 is 1.95 bits per heavy atom. The number of carbonyl (C=O) groups is 1. The Hall–Kier alpha value is -1.82. The van der Waals surface area contributed by atoms with Crippen LogP contribution in [0.4, 0.5) is 5.69 Å². The van der Waals surface area contributed by atoms with Gasteiger partial charge in [-0.15, -0.1) is 0 Å². The molecule has 0 aliphatic heterocycles. The molecule has 94 valence electrons. The van der Waals surface area contributed by atoms with Crippen LogP contribution in [0.1, 0.15) is 10.4 Å². The molecule has 3 nitrogen and oxygen atoms in total. The van der Waals surface area contributed by atoms with Crippen molar-refractivity contribution < 1.29 is 4.79 Å². The molecule has 0 unspecified atom stereocenters. The molecule has 2 aromatic carbocycles. The number of benzene rings is 2. The summed E-state index contributed by atoms with van der Waals surface area (Å²) in [7, 11) is 0. The highest BCUT2D eigenvalue weighted by molar-refractivity contribution is 14.1. The molecular formula is C15H11IN2O. The first kappa shape index (κ1) is 12.2. The molecule has 1 amide bonds. The van der Waals surface area contributed by atoms with Gasteiger partial charge in [0, 0.05) is 26.2 Å². The highest BCUT2D eigenvalue weighted by atomic mass is 127. The molecule has 0 saturated heterocycles. The van der Waals surface area contributed by atoms with Crippen LogP contribution in [0, 0.1) is 3.57 Å². The molecule has 2 N–H and O–H groups in total. The number of hydrogen-bond donors (Lipinski definition) is 2. The van der Waals surface area contributed by atoms with Crippen LogP contribution in [0.3, 0.4) is 0 Å². The van der Waals surface area contributed by atoms with E-state index in [1.165, 1.54) is 0 Å². The number of fused-ring (bicyclic) bond motifs is 1. The molecule has 3 aromatic rings. The van der Waals surface area contributed by atoms with Gasteiger partial charge in [-0.2, -0.15) is 0 Å². The fourth-order valence-corrected chi connectivity index (χ4v) is 2.47. The maximum atomic E-state index is 12.2. The third-order valence-electron chi connectivity index (χ3n) is 2.94. The lowest BCUT2D eigenvalue weighted by Crippen LogP contribution is -2.12. The van der Waals surface area contributed by atoms with E-state index in [1.807, 2.05) is 54.7 Å². The molecule has 0 fully saturated rings. The number of aromatic amines is 1. The van der Waals surface area contributed by atoms with Crippen molar-refractivity contribution in [3.63, 3.8) is 0 Å². The van der Waals surface area contributed by atoms with Crippen molar-refractivity contribution in [3.05, 3.63) is 63.9 Å². The number of hydrogen-bond acceptors (Lipinski definition) is 1. The fraction of sp³-hybridized carbons (Fsp3) is 0. The molecule has 3 rings (SSSR count). The Bertz CT molecular complexity index is 748. The van der Waals surface area contributed by atoms with Crippen LogP contribution in [0.5, 0.6) is 0 Å². The van der Waals surface area contributed by atoms with Crippen LogP contribution in [-0.4, -0.2) is 10.9 Å². The number of anilines is 1. The summed E-state index contributed by atoms with van der Waals surface area (Å²) in [6.07, 6.45) is 1.87. The van der Waals surface area contributed by atoms with Gasteiger partial charge in [-0.05, 0) is 59.0 Å². The Balaban J connectivity index is 1.89. The monoisotopic (exact) mass is 362 g/mol. The highest BCUT2D eigenvalue weighted by Gasteiger charge is 2.08. The van der Waals surface area contributed by atoms with E-state index in [2.05, 4.69) is 32.9 Å². The van der Waals surface area contributed by atoms with Crippen molar-refractivity contribution in [2.24, 2.45) is 0 Å². The zero-order valence-electron chi connectivity index (χ0n) is 9.98. The lowest BCUT2D eigenvalue weighted by molar-refractivity contribution is 0.102. The summed E-state index contributed by atoms with van der Waals surface area (Å²) in [6.45, 7) is 0. The number of aromatic nitrogens is 1. The second kappa shape index (κ2) is 5.05. The van der Waals surface area contributed by atoms with Crippen molar-refractivity contribution in [1.82, 2.24) is 4.98 Å². The molecular weight excluding hydrogens is 351 g/mol. The van der Waals surface area contributed by atoms with Crippen molar-refractivity contribution in [2.75, 3.05) is 5.32 Å². The topological polar surface area (TPSA) is 44.9 Å². The Morgan fingerprint density at radius 1 is 1.11 bits per heavy atom. The molecule has 1 aromatic heterocycles. The van der Waals surface area contributed by atoms with E-state index in [0.29, 0.717) is 5.56 Å². The second-order valence-corrected chi connectivity index (χ2v) is 5.38. The minimum atomic E-state index is -0.0905.